The highest BCUT2D eigenvalue weighted by molar-refractivity contribution is 5.92. The smallest absolute Gasteiger partial charge is 0.238 e. The monoisotopic (exact) mass is 342 g/mol. The number of nitrogens with zero attached hydrogens (tertiary/aromatic N) is 4. The SMILES string of the molecule is CC[C@H](C)c1ccc(NC(=O)CN2CCN(c3ncn[nH]3)CC2)cc1. The third-order valence-electron chi connectivity index (χ3n) is 4.82. The van der Waals surface area contributed by atoms with E-state index in [4.69, 9.17) is 0 Å². The number of rotatable bonds is 6. The Morgan fingerprint density at radius 3 is 2.56 bits per heavy atom. The number of carbonyl (C=O) groups excluding carboxylic acids is 1. The number of nitrogens with one attached hydrogen (secondary N) is 2. The number of anilines is 2. The van der Waals surface area contributed by atoms with Crippen molar-refractivity contribution in [2.45, 2.75) is 26.2 Å². The molecule has 134 valence electrons. The second-order valence-corrected chi connectivity index (χ2v) is 6.55. The van der Waals surface area contributed by atoms with Crippen molar-refractivity contribution in [2.24, 2.45) is 0 Å². The van der Waals surface area contributed by atoms with Crippen molar-refractivity contribution >= 4 is 17.5 Å². The summed E-state index contributed by atoms with van der Waals surface area (Å²) in [4.78, 5) is 20.7. The minimum atomic E-state index is 0.0319. The number of H-pyrrole nitrogens is 1. The van der Waals surface area contributed by atoms with Gasteiger partial charge in [0.05, 0.1) is 6.54 Å². The minimum Gasteiger partial charge on any atom is -0.339 e. The standard InChI is InChI=1S/C18H26N6O/c1-3-14(2)15-4-6-16(7-5-15)21-17(25)12-23-8-10-24(11-9-23)18-19-13-20-22-18/h4-7,13-14H,3,8-12H2,1-2H3,(H,21,25)(H,19,20,22)/t14-/m0/s1. The van der Waals surface area contributed by atoms with Crippen LogP contribution >= 0.6 is 0 Å². The highest BCUT2D eigenvalue weighted by Crippen LogP contribution is 2.20. The summed E-state index contributed by atoms with van der Waals surface area (Å²) in [5.41, 5.74) is 2.17. The van der Waals surface area contributed by atoms with Gasteiger partial charge in [0.2, 0.25) is 11.9 Å². The van der Waals surface area contributed by atoms with Gasteiger partial charge in [-0.2, -0.15) is 10.1 Å². The van der Waals surface area contributed by atoms with Gasteiger partial charge in [0, 0.05) is 31.9 Å². The van der Waals surface area contributed by atoms with Crippen molar-refractivity contribution in [1.82, 2.24) is 20.1 Å². The first-order valence-electron chi connectivity index (χ1n) is 8.88. The molecule has 1 aromatic carbocycles. The van der Waals surface area contributed by atoms with Crippen LogP contribution in [0.25, 0.3) is 0 Å². The van der Waals surface area contributed by atoms with Gasteiger partial charge in [-0.15, -0.1) is 0 Å². The van der Waals surface area contributed by atoms with Gasteiger partial charge < -0.3 is 10.2 Å². The molecule has 1 fully saturated rings. The van der Waals surface area contributed by atoms with Gasteiger partial charge in [-0.1, -0.05) is 26.0 Å². The molecular formula is C18H26N6O. The lowest BCUT2D eigenvalue weighted by molar-refractivity contribution is -0.117. The predicted molar refractivity (Wildman–Crippen MR) is 98.8 cm³/mol. The van der Waals surface area contributed by atoms with Crippen molar-refractivity contribution in [1.29, 1.82) is 0 Å². The van der Waals surface area contributed by atoms with Crippen LogP contribution in [0.3, 0.4) is 0 Å². The van der Waals surface area contributed by atoms with E-state index >= 15 is 0 Å². The predicted octanol–water partition coefficient (Wildman–Crippen LogP) is 2.08. The summed E-state index contributed by atoms with van der Waals surface area (Å²) in [7, 11) is 0. The molecule has 2 aromatic rings. The van der Waals surface area contributed by atoms with E-state index in [0.29, 0.717) is 12.5 Å². The van der Waals surface area contributed by atoms with E-state index in [2.05, 4.69) is 56.3 Å². The Balaban J connectivity index is 1.45. The maximum atomic E-state index is 12.3. The molecular weight excluding hydrogens is 316 g/mol. The molecule has 7 nitrogen and oxygen atoms in total. The fourth-order valence-electron chi connectivity index (χ4n) is 3.00. The molecule has 3 rings (SSSR count). The highest BCUT2D eigenvalue weighted by Gasteiger charge is 2.20. The Morgan fingerprint density at radius 1 is 1.24 bits per heavy atom. The molecule has 1 amide bonds. The van der Waals surface area contributed by atoms with Gasteiger partial charge in [-0.05, 0) is 30.0 Å². The molecule has 0 spiro atoms. The van der Waals surface area contributed by atoms with Crippen LogP contribution in [0.2, 0.25) is 0 Å². The lowest BCUT2D eigenvalue weighted by Gasteiger charge is -2.33. The van der Waals surface area contributed by atoms with Crippen molar-refractivity contribution in [3.8, 4) is 0 Å². The summed E-state index contributed by atoms with van der Waals surface area (Å²) in [6.07, 6.45) is 2.63. The number of aromatic amines is 1. The number of aromatic nitrogens is 3. The van der Waals surface area contributed by atoms with E-state index in [-0.39, 0.29) is 5.91 Å². The summed E-state index contributed by atoms with van der Waals surface area (Å²) >= 11 is 0. The maximum absolute atomic E-state index is 12.3. The number of carbonyl (C=O) groups is 1. The lowest BCUT2D eigenvalue weighted by atomic mass is 9.99. The first kappa shape index (κ1) is 17.4. The van der Waals surface area contributed by atoms with Crippen LogP contribution in [-0.4, -0.2) is 58.7 Å². The summed E-state index contributed by atoms with van der Waals surface area (Å²) in [6, 6.07) is 8.17. The second-order valence-electron chi connectivity index (χ2n) is 6.55. The molecule has 1 aliphatic rings. The molecule has 1 saturated heterocycles. The van der Waals surface area contributed by atoms with Crippen LogP contribution in [0, 0.1) is 0 Å². The Kier molecular flexibility index (Phi) is 5.65. The van der Waals surface area contributed by atoms with E-state index < -0.39 is 0 Å². The molecule has 25 heavy (non-hydrogen) atoms. The second kappa shape index (κ2) is 8.11. The van der Waals surface area contributed by atoms with E-state index in [9.17, 15) is 4.79 Å². The molecule has 0 bridgehead atoms. The Labute approximate surface area is 148 Å². The molecule has 0 saturated carbocycles. The number of hydrogen-bond acceptors (Lipinski definition) is 5. The molecule has 0 aliphatic carbocycles. The van der Waals surface area contributed by atoms with Gasteiger partial charge in [-0.3, -0.25) is 9.69 Å². The van der Waals surface area contributed by atoms with Gasteiger partial charge in [0.1, 0.15) is 6.33 Å². The number of amides is 1. The number of hydrogen-bond donors (Lipinski definition) is 2. The van der Waals surface area contributed by atoms with E-state index in [1.165, 1.54) is 11.9 Å². The molecule has 1 aliphatic heterocycles. The summed E-state index contributed by atoms with van der Waals surface area (Å²) in [6.45, 7) is 8.16. The molecule has 1 aromatic heterocycles. The average Bonchev–Trinajstić information content (AvgIpc) is 3.17. The van der Waals surface area contributed by atoms with Gasteiger partial charge in [-0.25, -0.2) is 5.10 Å². The summed E-state index contributed by atoms with van der Waals surface area (Å²) in [5, 5.41) is 9.75. The van der Waals surface area contributed by atoms with Gasteiger partial charge >= 0.3 is 0 Å². The fraction of sp³-hybridized carbons (Fsp3) is 0.500. The van der Waals surface area contributed by atoms with Crippen molar-refractivity contribution in [3.05, 3.63) is 36.2 Å². The minimum absolute atomic E-state index is 0.0319. The molecule has 0 radical (unpaired) electrons. The first-order chi connectivity index (χ1) is 12.2. The van der Waals surface area contributed by atoms with Crippen molar-refractivity contribution in [2.75, 3.05) is 42.9 Å². The number of benzene rings is 1. The van der Waals surface area contributed by atoms with Crippen molar-refractivity contribution < 1.29 is 4.79 Å². The van der Waals surface area contributed by atoms with Crippen LogP contribution in [0.15, 0.2) is 30.6 Å². The molecule has 7 heteroatoms. The van der Waals surface area contributed by atoms with Gasteiger partial charge in [0.25, 0.3) is 0 Å². The quantitative estimate of drug-likeness (QED) is 0.840. The lowest BCUT2D eigenvalue weighted by Crippen LogP contribution is -2.49. The van der Waals surface area contributed by atoms with Gasteiger partial charge in [0.15, 0.2) is 0 Å². The highest BCUT2D eigenvalue weighted by atomic mass is 16.2. The summed E-state index contributed by atoms with van der Waals surface area (Å²) in [5.74, 6) is 1.38. The van der Waals surface area contributed by atoms with Crippen LogP contribution in [0.5, 0.6) is 0 Å². The third kappa shape index (κ3) is 4.57. The normalized spacial score (nSPS) is 16.6. The average molecular weight is 342 g/mol. The largest absolute Gasteiger partial charge is 0.339 e. The third-order valence-corrected chi connectivity index (χ3v) is 4.82. The fourth-order valence-corrected chi connectivity index (χ4v) is 3.00. The zero-order chi connectivity index (χ0) is 17.6. The first-order valence-corrected chi connectivity index (χ1v) is 8.88. The summed E-state index contributed by atoms with van der Waals surface area (Å²) < 4.78 is 0. The van der Waals surface area contributed by atoms with E-state index in [1.54, 1.807) is 0 Å². The zero-order valence-corrected chi connectivity index (χ0v) is 14.9. The number of piperazine rings is 1. The van der Waals surface area contributed by atoms with E-state index in [1.807, 2.05) is 12.1 Å². The molecule has 0 unspecified atom stereocenters. The molecule has 2 heterocycles. The molecule has 1 atom stereocenters. The molecule has 2 N–H and O–H groups in total. The van der Waals surface area contributed by atoms with Crippen LogP contribution in [0.4, 0.5) is 11.6 Å². The van der Waals surface area contributed by atoms with Crippen LogP contribution in [0.1, 0.15) is 31.7 Å². The van der Waals surface area contributed by atoms with Crippen molar-refractivity contribution in [3.63, 3.8) is 0 Å². The Bertz CT molecular complexity index is 661. The topological polar surface area (TPSA) is 77.2 Å². The van der Waals surface area contributed by atoms with Crippen LogP contribution in [-0.2, 0) is 4.79 Å². The zero-order valence-electron chi connectivity index (χ0n) is 14.9. The Hall–Kier alpha value is -2.41. The maximum Gasteiger partial charge on any atom is 0.238 e. The van der Waals surface area contributed by atoms with Crippen LogP contribution < -0.4 is 10.2 Å². The Morgan fingerprint density at radius 2 is 1.96 bits per heavy atom. The van der Waals surface area contributed by atoms with E-state index in [0.717, 1.165) is 44.2 Å².